The SMILES string of the molecule is CC(C)C1CCCN1CCc1ccc(N)cc1. The van der Waals surface area contributed by atoms with Crippen molar-refractivity contribution in [1.29, 1.82) is 0 Å². The Morgan fingerprint density at radius 2 is 2.00 bits per heavy atom. The number of likely N-dealkylation sites (tertiary alicyclic amines) is 1. The van der Waals surface area contributed by atoms with Crippen molar-refractivity contribution in [2.24, 2.45) is 5.92 Å². The lowest BCUT2D eigenvalue weighted by Gasteiger charge is -2.27. The molecule has 1 saturated heterocycles. The Balaban J connectivity index is 1.87. The average Bonchev–Trinajstić information content (AvgIpc) is 2.76. The zero-order chi connectivity index (χ0) is 12.3. The van der Waals surface area contributed by atoms with Gasteiger partial charge in [0.15, 0.2) is 0 Å². The van der Waals surface area contributed by atoms with Crippen molar-refractivity contribution in [2.75, 3.05) is 18.8 Å². The molecule has 1 aliphatic rings. The van der Waals surface area contributed by atoms with Gasteiger partial charge in [0.05, 0.1) is 0 Å². The van der Waals surface area contributed by atoms with Crippen LogP contribution >= 0.6 is 0 Å². The van der Waals surface area contributed by atoms with Crippen molar-refractivity contribution in [2.45, 2.75) is 39.2 Å². The molecule has 2 nitrogen and oxygen atoms in total. The van der Waals surface area contributed by atoms with Crippen LogP contribution in [0.25, 0.3) is 0 Å². The molecule has 1 aromatic carbocycles. The van der Waals surface area contributed by atoms with Crippen molar-refractivity contribution in [3.05, 3.63) is 29.8 Å². The van der Waals surface area contributed by atoms with Gasteiger partial charge in [0.1, 0.15) is 0 Å². The predicted octanol–water partition coefficient (Wildman–Crippen LogP) is 2.93. The predicted molar refractivity (Wildman–Crippen MR) is 74.0 cm³/mol. The van der Waals surface area contributed by atoms with E-state index in [2.05, 4.69) is 30.9 Å². The fourth-order valence-corrected chi connectivity index (χ4v) is 2.84. The average molecular weight is 232 g/mol. The van der Waals surface area contributed by atoms with Crippen LogP contribution in [0.1, 0.15) is 32.3 Å². The van der Waals surface area contributed by atoms with Gasteiger partial charge in [-0.3, -0.25) is 4.90 Å². The molecule has 0 aliphatic carbocycles. The number of nitrogens with zero attached hydrogens (tertiary/aromatic N) is 1. The molecule has 0 radical (unpaired) electrons. The van der Waals surface area contributed by atoms with Crippen LogP contribution in [0.5, 0.6) is 0 Å². The lowest BCUT2D eigenvalue weighted by Crippen LogP contribution is -2.34. The third-order valence-electron chi connectivity index (χ3n) is 3.85. The van der Waals surface area contributed by atoms with Crippen LogP contribution in [0.15, 0.2) is 24.3 Å². The maximum absolute atomic E-state index is 5.70. The monoisotopic (exact) mass is 232 g/mol. The van der Waals surface area contributed by atoms with E-state index in [1.165, 1.54) is 31.5 Å². The molecular weight excluding hydrogens is 208 g/mol. The molecule has 17 heavy (non-hydrogen) atoms. The fourth-order valence-electron chi connectivity index (χ4n) is 2.84. The van der Waals surface area contributed by atoms with E-state index in [-0.39, 0.29) is 0 Å². The van der Waals surface area contributed by atoms with Gasteiger partial charge in [-0.15, -0.1) is 0 Å². The molecule has 1 aliphatic heterocycles. The van der Waals surface area contributed by atoms with E-state index in [0.29, 0.717) is 0 Å². The van der Waals surface area contributed by atoms with Gasteiger partial charge < -0.3 is 5.73 Å². The summed E-state index contributed by atoms with van der Waals surface area (Å²) in [5.41, 5.74) is 7.95. The van der Waals surface area contributed by atoms with Crippen LogP contribution in [0, 0.1) is 5.92 Å². The van der Waals surface area contributed by atoms with Crippen molar-refractivity contribution < 1.29 is 0 Å². The van der Waals surface area contributed by atoms with Gasteiger partial charge in [0, 0.05) is 18.3 Å². The van der Waals surface area contributed by atoms with E-state index in [1.807, 2.05) is 12.1 Å². The summed E-state index contributed by atoms with van der Waals surface area (Å²) in [5.74, 6) is 0.781. The van der Waals surface area contributed by atoms with Gasteiger partial charge >= 0.3 is 0 Å². The highest BCUT2D eigenvalue weighted by Crippen LogP contribution is 2.23. The highest BCUT2D eigenvalue weighted by molar-refractivity contribution is 5.39. The second-order valence-electron chi connectivity index (χ2n) is 5.48. The van der Waals surface area contributed by atoms with Crippen LogP contribution in [-0.2, 0) is 6.42 Å². The minimum atomic E-state index is 0.781. The van der Waals surface area contributed by atoms with Crippen molar-refractivity contribution >= 4 is 5.69 Å². The first-order valence-electron chi connectivity index (χ1n) is 6.75. The second kappa shape index (κ2) is 5.54. The first-order chi connectivity index (χ1) is 8.16. The lowest BCUT2D eigenvalue weighted by molar-refractivity contribution is 0.209. The van der Waals surface area contributed by atoms with E-state index < -0.39 is 0 Å². The Morgan fingerprint density at radius 3 is 2.65 bits per heavy atom. The minimum absolute atomic E-state index is 0.781. The van der Waals surface area contributed by atoms with Crippen molar-refractivity contribution in [3.63, 3.8) is 0 Å². The third-order valence-corrected chi connectivity index (χ3v) is 3.85. The standard InChI is InChI=1S/C15H24N2/c1-12(2)15-4-3-10-17(15)11-9-13-5-7-14(16)8-6-13/h5-8,12,15H,3-4,9-11,16H2,1-2H3. The molecule has 1 fully saturated rings. The highest BCUT2D eigenvalue weighted by Gasteiger charge is 2.26. The van der Waals surface area contributed by atoms with E-state index in [1.54, 1.807) is 0 Å². The number of benzene rings is 1. The Kier molecular flexibility index (Phi) is 4.06. The van der Waals surface area contributed by atoms with E-state index in [4.69, 9.17) is 5.73 Å². The van der Waals surface area contributed by atoms with E-state index in [9.17, 15) is 0 Å². The molecule has 1 aromatic rings. The molecule has 0 spiro atoms. The molecule has 2 rings (SSSR count). The van der Waals surface area contributed by atoms with Gasteiger partial charge in [0.2, 0.25) is 0 Å². The molecule has 0 bridgehead atoms. The molecule has 0 saturated carbocycles. The number of nitrogens with two attached hydrogens (primary N) is 1. The van der Waals surface area contributed by atoms with Gasteiger partial charge in [0.25, 0.3) is 0 Å². The van der Waals surface area contributed by atoms with Gasteiger partial charge in [-0.25, -0.2) is 0 Å². The molecule has 0 aromatic heterocycles. The molecule has 1 heterocycles. The maximum Gasteiger partial charge on any atom is 0.0314 e. The second-order valence-corrected chi connectivity index (χ2v) is 5.48. The maximum atomic E-state index is 5.70. The number of rotatable bonds is 4. The molecule has 1 atom stereocenters. The number of hydrogen-bond acceptors (Lipinski definition) is 2. The van der Waals surface area contributed by atoms with E-state index in [0.717, 1.165) is 24.1 Å². The summed E-state index contributed by atoms with van der Waals surface area (Å²) in [6.07, 6.45) is 3.88. The molecule has 2 N–H and O–H groups in total. The summed E-state index contributed by atoms with van der Waals surface area (Å²) in [6, 6.07) is 9.09. The largest absolute Gasteiger partial charge is 0.399 e. The van der Waals surface area contributed by atoms with Crippen molar-refractivity contribution in [3.8, 4) is 0 Å². The number of anilines is 1. The Morgan fingerprint density at radius 1 is 1.29 bits per heavy atom. The number of nitrogen functional groups attached to an aromatic ring is 1. The third kappa shape index (κ3) is 3.22. The van der Waals surface area contributed by atoms with Gasteiger partial charge in [-0.2, -0.15) is 0 Å². The molecule has 94 valence electrons. The summed E-state index contributed by atoms with van der Waals surface area (Å²) >= 11 is 0. The summed E-state index contributed by atoms with van der Waals surface area (Å²) < 4.78 is 0. The quantitative estimate of drug-likeness (QED) is 0.809. The van der Waals surface area contributed by atoms with Crippen LogP contribution in [0.2, 0.25) is 0 Å². The van der Waals surface area contributed by atoms with Gasteiger partial charge in [-0.05, 0) is 49.4 Å². The zero-order valence-corrected chi connectivity index (χ0v) is 11.0. The van der Waals surface area contributed by atoms with Crippen LogP contribution in [-0.4, -0.2) is 24.0 Å². The molecule has 1 unspecified atom stereocenters. The summed E-state index contributed by atoms with van der Waals surface area (Å²) in [4.78, 5) is 2.65. The normalized spacial score (nSPS) is 21.2. The summed E-state index contributed by atoms with van der Waals surface area (Å²) in [5, 5.41) is 0. The Bertz CT molecular complexity index is 342. The van der Waals surface area contributed by atoms with Crippen LogP contribution < -0.4 is 5.73 Å². The Hall–Kier alpha value is -1.02. The fraction of sp³-hybridized carbons (Fsp3) is 0.600. The molecule has 0 amide bonds. The Labute approximate surface area is 105 Å². The zero-order valence-electron chi connectivity index (χ0n) is 11.0. The minimum Gasteiger partial charge on any atom is -0.399 e. The lowest BCUT2D eigenvalue weighted by atomic mass is 10.0. The van der Waals surface area contributed by atoms with Crippen LogP contribution in [0.3, 0.4) is 0 Å². The highest BCUT2D eigenvalue weighted by atomic mass is 15.2. The smallest absolute Gasteiger partial charge is 0.0314 e. The molecular formula is C15H24N2. The topological polar surface area (TPSA) is 29.3 Å². The number of hydrogen-bond donors (Lipinski definition) is 1. The van der Waals surface area contributed by atoms with E-state index >= 15 is 0 Å². The van der Waals surface area contributed by atoms with Gasteiger partial charge in [-0.1, -0.05) is 26.0 Å². The summed E-state index contributed by atoms with van der Waals surface area (Å²) in [7, 11) is 0. The summed E-state index contributed by atoms with van der Waals surface area (Å²) in [6.45, 7) is 7.14. The first-order valence-corrected chi connectivity index (χ1v) is 6.75. The first kappa shape index (κ1) is 12.4. The van der Waals surface area contributed by atoms with Crippen molar-refractivity contribution in [1.82, 2.24) is 4.90 Å². The molecule has 2 heteroatoms. The van der Waals surface area contributed by atoms with Crippen LogP contribution in [0.4, 0.5) is 5.69 Å².